The molecule has 0 radical (unpaired) electrons. The third-order valence-electron chi connectivity index (χ3n) is 4.10. The molecule has 0 atom stereocenters. The Hall–Kier alpha value is -2.71. The molecule has 0 aliphatic carbocycles. The van der Waals surface area contributed by atoms with Crippen LogP contribution in [0.15, 0.2) is 35.8 Å². The highest BCUT2D eigenvalue weighted by Crippen LogP contribution is 2.30. The number of thiazole rings is 2. The molecule has 1 N–H and O–H groups in total. The van der Waals surface area contributed by atoms with Crippen molar-refractivity contribution in [3.63, 3.8) is 0 Å². The van der Waals surface area contributed by atoms with Gasteiger partial charge in [0.2, 0.25) is 0 Å². The molecule has 6 nitrogen and oxygen atoms in total. The third kappa shape index (κ3) is 2.87. The Labute approximate surface area is 158 Å². The minimum Gasteiger partial charge on any atom is -0.497 e. The highest BCUT2D eigenvalue weighted by Gasteiger charge is 2.19. The fraction of sp³-hybridized carbons (Fsp3) is 0.167. The Morgan fingerprint density at radius 3 is 2.85 bits per heavy atom. The number of carbonyl (C=O) groups is 1. The molecule has 0 saturated heterocycles. The molecular weight excluding hydrogens is 368 g/mol. The van der Waals surface area contributed by atoms with Crippen molar-refractivity contribution in [1.82, 2.24) is 14.5 Å². The molecule has 1 aromatic carbocycles. The molecule has 0 aliphatic heterocycles. The molecule has 26 heavy (non-hydrogen) atoms. The monoisotopic (exact) mass is 384 g/mol. The van der Waals surface area contributed by atoms with Crippen molar-refractivity contribution in [2.75, 3.05) is 12.4 Å². The first kappa shape index (κ1) is 16.7. The first-order chi connectivity index (χ1) is 12.6. The third-order valence-corrected chi connectivity index (χ3v) is 5.79. The van der Waals surface area contributed by atoms with Gasteiger partial charge in [-0.1, -0.05) is 11.3 Å². The Bertz CT molecular complexity index is 1100. The van der Waals surface area contributed by atoms with E-state index in [4.69, 9.17) is 4.74 Å². The van der Waals surface area contributed by atoms with Crippen LogP contribution in [-0.4, -0.2) is 27.6 Å². The van der Waals surface area contributed by atoms with Gasteiger partial charge in [-0.05, 0) is 38.1 Å². The molecule has 4 aromatic rings. The van der Waals surface area contributed by atoms with Crippen LogP contribution in [0.1, 0.15) is 21.7 Å². The predicted octanol–water partition coefficient (Wildman–Crippen LogP) is 4.42. The number of amides is 1. The Balaban J connectivity index is 1.64. The number of rotatable bonds is 4. The molecule has 0 unspecified atom stereocenters. The van der Waals surface area contributed by atoms with Gasteiger partial charge in [0.05, 0.1) is 22.9 Å². The molecule has 3 heterocycles. The minimum atomic E-state index is -0.174. The van der Waals surface area contributed by atoms with Gasteiger partial charge in [-0.2, -0.15) is 0 Å². The first-order valence-electron chi connectivity index (χ1n) is 7.91. The van der Waals surface area contributed by atoms with Crippen LogP contribution in [0, 0.1) is 13.8 Å². The van der Waals surface area contributed by atoms with E-state index < -0.39 is 0 Å². The topological polar surface area (TPSA) is 69.0 Å². The lowest BCUT2D eigenvalue weighted by molar-refractivity contribution is 0.102. The molecule has 0 saturated carbocycles. The van der Waals surface area contributed by atoms with Crippen molar-refractivity contribution in [1.29, 1.82) is 0 Å². The number of carbonyl (C=O) groups excluding carboxylic acids is 1. The first-order valence-corrected chi connectivity index (χ1v) is 9.61. The lowest BCUT2D eigenvalue weighted by atomic mass is 10.2. The summed E-state index contributed by atoms with van der Waals surface area (Å²) in [5.74, 6) is 0.595. The van der Waals surface area contributed by atoms with Gasteiger partial charge < -0.3 is 4.74 Å². The van der Waals surface area contributed by atoms with Gasteiger partial charge in [0.25, 0.3) is 5.91 Å². The minimum absolute atomic E-state index is 0.174. The van der Waals surface area contributed by atoms with Gasteiger partial charge in [0, 0.05) is 23.0 Å². The van der Waals surface area contributed by atoms with Crippen molar-refractivity contribution in [3.8, 4) is 10.9 Å². The zero-order valence-corrected chi connectivity index (χ0v) is 16.1. The maximum absolute atomic E-state index is 12.8. The van der Waals surface area contributed by atoms with Gasteiger partial charge in [0.15, 0.2) is 10.3 Å². The summed E-state index contributed by atoms with van der Waals surface area (Å²) in [5.41, 5.74) is 3.28. The molecular formula is C18H16N4O2S2. The second-order valence-electron chi connectivity index (χ2n) is 5.74. The van der Waals surface area contributed by atoms with Gasteiger partial charge in [-0.3, -0.25) is 14.7 Å². The second kappa shape index (κ2) is 6.54. The summed E-state index contributed by atoms with van der Waals surface area (Å²) in [6, 6.07) is 7.53. The SMILES string of the molecule is COc1ccc2nc(NC(=O)c3cc(C)n(-c4nccs4)c3C)sc2c1. The lowest BCUT2D eigenvalue weighted by Crippen LogP contribution is -2.12. The normalized spacial score (nSPS) is 11.0. The largest absolute Gasteiger partial charge is 0.497 e. The van der Waals surface area contributed by atoms with Crippen molar-refractivity contribution in [2.24, 2.45) is 0 Å². The number of hydrogen-bond acceptors (Lipinski definition) is 6. The predicted molar refractivity (Wildman–Crippen MR) is 105 cm³/mol. The van der Waals surface area contributed by atoms with E-state index in [1.165, 1.54) is 22.7 Å². The fourth-order valence-electron chi connectivity index (χ4n) is 2.86. The molecule has 0 bridgehead atoms. The maximum Gasteiger partial charge on any atom is 0.259 e. The average Bonchev–Trinajstić information content (AvgIpc) is 3.33. The van der Waals surface area contributed by atoms with E-state index in [1.807, 2.05) is 48.1 Å². The van der Waals surface area contributed by atoms with Crippen LogP contribution in [0.5, 0.6) is 5.75 Å². The number of anilines is 1. The van der Waals surface area contributed by atoms with E-state index in [-0.39, 0.29) is 5.91 Å². The number of fused-ring (bicyclic) bond motifs is 1. The van der Waals surface area contributed by atoms with E-state index in [9.17, 15) is 4.79 Å². The standard InChI is InChI=1S/C18H16N4O2S2/c1-10-8-13(11(2)22(10)18-19-6-7-25-18)16(23)21-17-20-14-5-4-12(24-3)9-15(14)26-17/h4-9H,1-3H3,(H,20,21,23). The van der Waals surface area contributed by atoms with Gasteiger partial charge >= 0.3 is 0 Å². The molecule has 0 spiro atoms. The van der Waals surface area contributed by atoms with Crippen molar-refractivity contribution in [2.45, 2.75) is 13.8 Å². The zero-order chi connectivity index (χ0) is 18.3. The fourth-order valence-corrected chi connectivity index (χ4v) is 4.50. The number of nitrogens with zero attached hydrogens (tertiary/aromatic N) is 3. The van der Waals surface area contributed by atoms with Crippen LogP contribution in [0.2, 0.25) is 0 Å². The number of benzene rings is 1. The van der Waals surface area contributed by atoms with E-state index in [0.29, 0.717) is 10.7 Å². The van der Waals surface area contributed by atoms with Crippen LogP contribution < -0.4 is 10.1 Å². The second-order valence-corrected chi connectivity index (χ2v) is 7.65. The van der Waals surface area contributed by atoms with Crippen molar-refractivity contribution >= 4 is 43.9 Å². The van der Waals surface area contributed by atoms with Crippen LogP contribution in [0.4, 0.5) is 5.13 Å². The summed E-state index contributed by atoms with van der Waals surface area (Å²) in [5, 5.41) is 6.25. The van der Waals surface area contributed by atoms with E-state index in [0.717, 1.165) is 32.5 Å². The van der Waals surface area contributed by atoms with Crippen molar-refractivity contribution < 1.29 is 9.53 Å². The summed E-state index contributed by atoms with van der Waals surface area (Å²) in [7, 11) is 1.63. The summed E-state index contributed by atoms with van der Waals surface area (Å²) in [4.78, 5) is 21.6. The van der Waals surface area contributed by atoms with Gasteiger partial charge in [0.1, 0.15) is 5.75 Å². The summed E-state index contributed by atoms with van der Waals surface area (Å²) in [6.45, 7) is 3.89. The summed E-state index contributed by atoms with van der Waals surface area (Å²) < 4.78 is 8.19. The number of aromatic nitrogens is 3. The van der Waals surface area contributed by atoms with E-state index in [2.05, 4.69) is 15.3 Å². The van der Waals surface area contributed by atoms with Crippen LogP contribution in [0.25, 0.3) is 15.3 Å². The highest BCUT2D eigenvalue weighted by molar-refractivity contribution is 7.22. The lowest BCUT2D eigenvalue weighted by Gasteiger charge is -2.05. The number of methoxy groups -OCH3 is 1. The van der Waals surface area contributed by atoms with Crippen LogP contribution in [0.3, 0.4) is 0 Å². The van der Waals surface area contributed by atoms with E-state index in [1.54, 1.807) is 13.3 Å². The molecule has 8 heteroatoms. The highest BCUT2D eigenvalue weighted by atomic mass is 32.1. The maximum atomic E-state index is 12.8. The molecule has 0 fully saturated rings. The molecule has 4 rings (SSSR count). The van der Waals surface area contributed by atoms with Crippen LogP contribution >= 0.6 is 22.7 Å². The number of aryl methyl sites for hydroxylation is 1. The van der Waals surface area contributed by atoms with E-state index >= 15 is 0 Å². The summed E-state index contributed by atoms with van der Waals surface area (Å²) >= 11 is 2.96. The number of hydrogen-bond donors (Lipinski definition) is 1. The number of ether oxygens (including phenoxy) is 1. The number of nitrogens with one attached hydrogen (secondary N) is 1. The molecule has 3 aromatic heterocycles. The molecule has 132 valence electrons. The Kier molecular flexibility index (Phi) is 4.21. The Morgan fingerprint density at radius 2 is 2.12 bits per heavy atom. The molecule has 0 aliphatic rings. The van der Waals surface area contributed by atoms with Crippen molar-refractivity contribution in [3.05, 3.63) is 52.8 Å². The van der Waals surface area contributed by atoms with Gasteiger partial charge in [-0.15, -0.1) is 11.3 Å². The van der Waals surface area contributed by atoms with Crippen LogP contribution in [-0.2, 0) is 0 Å². The quantitative estimate of drug-likeness (QED) is 0.565. The smallest absolute Gasteiger partial charge is 0.259 e. The Morgan fingerprint density at radius 1 is 1.27 bits per heavy atom. The zero-order valence-electron chi connectivity index (χ0n) is 14.4. The average molecular weight is 384 g/mol. The summed E-state index contributed by atoms with van der Waals surface area (Å²) in [6.07, 6.45) is 1.76. The molecule has 1 amide bonds. The van der Waals surface area contributed by atoms with Gasteiger partial charge in [-0.25, -0.2) is 9.97 Å².